The topological polar surface area (TPSA) is 86.3 Å². The van der Waals surface area contributed by atoms with Crippen LogP contribution in [0.3, 0.4) is 0 Å². The fourth-order valence-corrected chi connectivity index (χ4v) is 0.820. The fourth-order valence-electron chi connectivity index (χ4n) is 0.820. The second-order valence-electron chi connectivity index (χ2n) is 2.58. The summed E-state index contributed by atoms with van der Waals surface area (Å²) in [6, 6.07) is 0. The third-order valence-electron chi connectivity index (χ3n) is 1.67. The third kappa shape index (κ3) is 1.48. The lowest BCUT2D eigenvalue weighted by Gasteiger charge is -2.09. The van der Waals surface area contributed by atoms with E-state index in [9.17, 15) is 14.7 Å². The number of carboxylic acid groups (broad SMARTS) is 1. The Morgan fingerprint density at radius 3 is 2.27 bits per heavy atom. The molecule has 0 saturated heterocycles. The van der Waals surface area contributed by atoms with E-state index in [4.69, 9.17) is 5.11 Å². The molecule has 5 nitrogen and oxygen atoms in total. The van der Waals surface area contributed by atoms with Crippen molar-refractivity contribution in [3.63, 3.8) is 0 Å². The highest BCUT2D eigenvalue weighted by Crippen LogP contribution is 2.35. The zero-order valence-electron chi connectivity index (χ0n) is 5.79. The van der Waals surface area contributed by atoms with E-state index in [0.717, 1.165) is 0 Å². The summed E-state index contributed by atoms with van der Waals surface area (Å²) in [4.78, 5) is 20.9. The quantitative estimate of drug-likeness (QED) is 0.560. The Labute approximate surface area is 63.0 Å². The van der Waals surface area contributed by atoms with Crippen LogP contribution in [-0.2, 0) is 14.7 Å². The Morgan fingerprint density at radius 2 is 2.00 bits per heavy atom. The predicted molar refractivity (Wildman–Crippen MR) is 33.3 cm³/mol. The van der Waals surface area contributed by atoms with E-state index in [1.54, 1.807) is 0 Å². The van der Waals surface area contributed by atoms with Gasteiger partial charge in [0.25, 0.3) is 0 Å². The van der Waals surface area contributed by atoms with Gasteiger partial charge in [-0.3, -0.25) is 4.79 Å². The number of amides is 1. The number of carbonyl (C=O) groups excluding carboxylic acids is 1. The van der Waals surface area contributed by atoms with Gasteiger partial charge in [0.05, 0.1) is 0 Å². The highest BCUT2D eigenvalue weighted by molar-refractivity contribution is 5.89. The van der Waals surface area contributed by atoms with Crippen LogP contribution in [0.15, 0.2) is 0 Å². The minimum absolute atomic E-state index is 0.425. The van der Waals surface area contributed by atoms with Crippen molar-refractivity contribution in [2.45, 2.75) is 18.4 Å². The minimum Gasteiger partial charge on any atom is -0.480 e. The molecule has 1 rings (SSSR count). The third-order valence-corrected chi connectivity index (χ3v) is 1.67. The van der Waals surface area contributed by atoms with Crippen LogP contribution in [0, 0.1) is 0 Å². The largest absolute Gasteiger partial charge is 0.480 e. The van der Waals surface area contributed by atoms with Crippen molar-refractivity contribution < 1.29 is 19.8 Å². The zero-order chi connectivity index (χ0) is 8.48. The summed E-state index contributed by atoms with van der Waals surface area (Å²) in [5.41, 5.74) is -1.11. The predicted octanol–water partition coefficient (Wildman–Crippen LogP) is -0.850. The molecule has 11 heavy (non-hydrogen) atoms. The zero-order valence-corrected chi connectivity index (χ0v) is 5.79. The first-order chi connectivity index (χ1) is 5.10. The lowest BCUT2D eigenvalue weighted by molar-refractivity contribution is -0.143. The standard InChI is InChI=1S/C6H8NO4/c8-3-4(9)7-6(1-2-6)5(10)11/h1-3H2,(H,7,9)(H,10,11). The lowest BCUT2D eigenvalue weighted by atomic mass is 10.3. The molecule has 61 valence electrons. The second kappa shape index (κ2) is 2.50. The Bertz CT molecular complexity index is 197. The first kappa shape index (κ1) is 8.00. The Balaban J connectivity index is 2.48. The molecule has 1 saturated carbocycles. The van der Waals surface area contributed by atoms with Gasteiger partial charge in [0, 0.05) is 0 Å². The smallest absolute Gasteiger partial charge is 0.329 e. The molecule has 0 bridgehead atoms. The molecule has 0 heterocycles. The van der Waals surface area contributed by atoms with Crippen LogP contribution in [0.4, 0.5) is 0 Å². The summed E-state index contributed by atoms with van der Waals surface area (Å²) in [6.45, 7) is -0.908. The van der Waals surface area contributed by atoms with Crippen molar-refractivity contribution in [2.24, 2.45) is 0 Å². The molecule has 0 aromatic carbocycles. The van der Waals surface area contributed by atoms with Gasteiger partial charge in [-0.2, -0.15) is 0 Å². The van der Waals surface area contributed by atoms with Gasteiger partial charge in [-0.1, -0.05) is 0 Å². The van der Waals surface area contributed by atoms with Crippen molar-refractivity contribution in [1.82, 2.24) is 5.32 Å². The number of nitrogens with one attached hydrogen (secondary N) is 1. The second-order valence-corrected chi connectivity index (χ2v) is 2.58. The summed E-state index contributed by atoms with van der Waals surface area (Å²) in [6.07, 6.45) is 0.849. The van der Waals surface area contributed by atoms with Crippen LogP contribution in [0.5, 0.6) is 0 Å². The van der Waals surface area contributed by atoms with Gasteiger partial charge in [0.1, 0.15) is 5.54 Å². The maximum atomic E-state index is 10.5. The van der Waals surface area contributed by atoms with Crippen LogP contribution in [0.25, 0.3) is 0 Å². The molecule has 1 amide bonds. The van der Waals surface area contributed by atoms with Crippen LogP contribution >= 0.6 is 0 Å². The van der Waals surface area contributed by atoms with E-state index >= 15 is 0 Å². The number of carbonyl (C=O) groups is 2. The number of hydrogen-bond donors (Lipinski definition) is 2. The molecule has 1 radical (unpaired) electrons. The van der Waals surface area contributed by atoms with Crippen molar-refractivity contribution in [2.75, 3.05) is 6.61 Å². The van der Waals surface area contributed by atoms with E-state index < -0.39 is 24.0 Å². The molecule has 1 fully saturated rings. The Morgan fingerprint density at radius 1 is 1.45 bits per heavy atom. The summed E-state index contributed by atoms with van der Waals surface area (Å²) < 4.78 is 0. The minimum atomic E-state index is -1.11. The van der Waals surface area contributed by atoms with Gasteiger partial charge in [-0.15, -0.1) is 0 Å². The summed E-state index contributed by atoms with van der Waals surface area (Å²) >= 11 is 0. The lowest BCUT2D eigenvalue weighted by Crippen LogP contribution is -2.44. The molecular formula is C6H8NO4. The van der Waals surface area contributed by atoms with E-state index in [0.29, 0.717) is 12.8 Å². The first-order valence-corrected chi connectivity index (χ1v) is 3.23. The van der Waals surface area contributed by atoms with Crippen LogP contribution < -0.4 is 5.32 Å². The highest BCUT2D eigenvalue weighted by Gasteiger charge is 2.51. The van der Waals surface area contributed by atoms with Crippen LogP contribution in [0.1, 0.15) is 12.8 Å². The van der Waals surface area contributed by atoms with E-state index in [1.807, 2.05) is 0 Å². The molecule has 0 aromatic heterocycles. The average molecular weight is 158 g/mol. The molecule has 2 N–H and O–H groups in total. The van der Waals surface area contributed by atoms with Crippen molar-refractivity contribution in [1.29, 1.82) is 0 Å². The average Bonchev–Trinajstić information content (AvgIpc) is 2.69. The normalized spacial score (nSPS) is 19.0. The first-order valence-electron chi connectivity index (χ1n) is 3.23. The molecule has 0 unspecified atom stereocenters. The van der Waals surface area contributed by atoms with Gasteiger partial charge in [0.15, 0.2) is 6.61 Å². The van der Waals surface area contributed by atoms with E-state index in [-0.39, 0.29) is 0 Å². The van der Waals surface area contributed by atoms with Gasteiger partial charge >= 0.3 is 5.97 Å². The van der Waals surface area contributed by atoms with Crippen molar-refractivity contribution in [3.05, 3.63) is 0 Å². The van der Waals surface area contributed by atoms with Gasteiger partial charge in [-0.05, 0) is 12.8 Å². The van der Waals surface area contributed by atoms with Crippen LogP contribution in [0.2, 0.25) is 0 Å². The molecule has 5 heteroatoms. The molecule has 0 aromatic rings. The van der Waals surface area contributed by atoms with Crippen molar-refractivity contribution >= 4 is 11.9 Å². The van der Waals surface area contributed by atoms with Crippen molar-refractivity contribution in [3.8, 4) is 0 Å². The fraction of sp³-hybridized carbons (Fsp3) is 0.667. The monoisotopic (exact) mass is 158 g/mol. The molecule has 0 spiro atoms. The molecule has 0 aliphatic heterocycles. The molecule has 1 aliphatic carbocycles. The Hall–Kier alpha value is -1.10. The Kier molecular flexibility index (Phi) is 1.82. The van der Waals surface area contributed by atoms with E-state index in [1.165, 1.54) is 0 Å². The van der Waals surface area contributed by atoms with Crippen LogP contribution in [-0.4, -0.2) is 29.1 Å². The number of aliphatic carboxylic acids is 1. The highest BCUT2D eigenvalue weighted by atomic mass is 16.4. The SMILES string of the molecule is [O]CC(=O)NC1(C(=O)O)CC1. The number of rotatable bonds is 3. The molecule has 1 aliphatic rings. The number of carboxylic acids is 1. The maximum Gasteiger partial charge on any atom is 0.329 e. The van der Waals surface area contributed by atoms with E-state index in [2.05, 4.69) is 5.32 Å². The van der Waals surface area contributed by atoms with Gasteiger partial charge < -0.3 is 10.4 Å². The maximum absolute atomic E-state index is 10.5. The molecular weight excluding hydrogens is 150 g/mol. The molecule has 0 atom stereocenters. The summed E-state index contributed by atoms with van der Waals surface area (Å²) in [5.74, 6) is -1.80. The summed E-state index contributed by atoms with van der Waals surface area (Å²) in [7, 11) is 0. The summed E-state index contributed by atoms with van der Waals surface area (Å²) in [5, 5.41) is 20.6. The number of hydrogen-bond acceptors (Lipinski definition) is 2. The van der Waals surface area contributed by atoms with Gasteiger partial charge in [0.2, 0.25) is 5.91 Å². The van der Waals surface area contributed by atoms with Gasteiger partial charge in [-0.25, -0.2) is 9.90 Å².